The van der Waals surface area contributed by atoms with Gasteiger partial charge in [0.25, 0.3) is 0 Å². The van der Waals surface area contributed by atoms with Gasteiger partial charge in [-0.3, -0.25) is 0 Å². The largest absolute Gasteiger partial charge is 0.380 e. The maximum Gasteiger partial charge on any atom is 0.219 e. The smallest absolute Gasteiger partial charge is 0.219 e. The molecule has 3 rings (SSSR count). The molecule has 4 atom stereocenters. The van der Waals surface area contributed by atoms with Crippen molar-refractivity contribution in [3.05, 3.63) is 0 Å². The topological polar surface area (TPSA) is 46.6 Å². The first-order valence-electron chi connectivity index (χ1n) is 7.22. The van der Waals surface area contributed by atoms with Gasteiger partial charge in [0.1, 0.15) is 5.25 Å². The Bertz CT molecular complexity index is 426. The lowest BCUT2D eigenvalue weighted by atomic mass is 9.90. The highest BCUT2D eigenvalue weighted by atomic mass is 32.2. The van der Waals surface area contributed by atoms with Crippen molar-refractivity contribution in [2.24, 2.45) is 11.8 Å². The van der Waals surface area contributed by atoms with Crippen molar-refractivity contribution in [3.63, 3.8) is 0 Å². The summed E-state index contributed by atoms with van der Waals surface area (Å²) in [6.45, 7) is 1.46. The molecular weight excluding hydrogens is 282 g/mol. The molecule has 0 amide bonds. The van der Waals surface area contributed by atoms with E-state index in [2.05, 4.69) is 0 Å². The van der Waals surface area contributed by atoms with Gasteiger partial charge in [-0.25, -0.2) is 12.7 Å². The molecule has 0 aromatic rings. The van der Waals surface area contributed by atoms with Crippen molar-refractivity contribution >= 4 is 21.8 Å². The zero-order valence-electron chi connectivity index (χ0n) is 11.5. The van der Waals surface area contributed by atoms with Crippen LogP contribution in [0.25, 0.3) is 0 Å². The van der Waals surface area contributed by atoms with Crippen LogP contribution in [0.4, 0.5) is 0 Å². The number of thioether (sulfide) groups is 1. The molecule has 0 aromatic carbocycles. The summed E-state index contributed by atoms with van der Waals surface area (Å²) in [4.78, 5) is 0. The predicted molar refractivity (Wildman–Crippen MR) is 77.9 cm³/mol. The van der Waals surface area contributed by atoms with Gasteiger partial charge in [0.2, 0.25) is 10.0 Å². The summed E-state index contributed by atoms with van der Waals surface area (Å²) in [6.07, 6.45) is 3.57. The summed E-state index contributed by atoms with van der Waals surface area (Å²) < 4.78 is 32.7. The Morgan fingerprint density at radius 3 is 2.74 bits per heavy atom. The first kappa shape index (κ1) is 14.2. The zero-order valence-corrected chi connectivity index (χ0v) is 13.1. The van der Waals surface area contributed by atoms with E-state index < -0.39 is 10.0 Å². The number of methoxy groups -OCH3 is 1. The zero-order chi connectivity index (χ0) is 13.5. The SMILES string of the molecule is COC1CCCC1S(=O)(=O)N1CCC2CSCC2C1. The van der Waals surface area contributed by atoms with Crippen LogP contribution in [0.2, 0.25) is 0 Å². The Morgan fingerprint density at radius 1 is 1.16 bits per heavy atom. The van der Waals surface area contributed by atoms with Crippen LogP contribution in [0, 0.1) is 11.8 Å². The molecular formula is C13H23NO3S2. The highest BCUT2D eigenvalue weighted by Gasteiger charge is 2.44. The summed E-state index contributed by atoms with van der Waals surface area (Å²) in [5.74, 6) is 3.69. The molecule has 2 heterocycles. The Labute approximate surface area is 120 Å². The van der Waals surface area contributed by atoms with Gasteiger partial charge < -0.3 is 4.74 Å². The summed E-state index contributed by atoms with van der Waals surface area (Å²) in [5, 5.41) is -0.303. The van der Waals surface area contributed by atoms with E-state index in [4.69, 9.17) is 4.74 Å². The molecule has 0 N–H and O–H groups in total. The summed E-state index contributed by atoms with van der Waals surface area (Å²) in [6, 6.07) is 0. The van der Waals surface area contributed by atoms with Crippen molar-refractivity contribution in [2.75, 3.05) is 31.7 Å². The van der Waals surface area contributed by atoms with E-state index in [1.54, 1.807) is 11.4 Å². The minimum absolute atomic E-state index is 0.0966. The van der Waals surface area contributed by atoms with Crippen LogP contribution in [0.5, 0.6) is 0 Å². The Balaban J connectivity index is 1.73. The molecule has 0 bridgehead atoms. The van der Waals surface area contributed by atoms with Gasteiger partial charge in [0, 0.05) is 20.2 Å². The molecule has 2 saturated heterocycles. The van der Waals surface area contributed by atoms with E-state index in [1.807, 2.05) is 11.8 Å². The van der Waals surface area contributed by atoms with Crippen LogP contribution in [0.3, 0.4) is 0 Å². The minimum Gasteiger partial charge on any atom is -0.380 e. The highest BCUT2D eigenvalue weighted by molar-refractivity contribution is 7.99. The molecule has 3 aliphatic rings. The van der Waals surface area contributed by atoms with E-state index in [0.29, 0.717) is 5.92 Å². The van der Waals surface area contributed by atoms with E-state index in [-0.39, 0.29) is 11.4 Å². The Hall–Kier alpha value is 0.220. The highest BCUT2D eigenvalue weighted by Crippen LogP contribution is 2.38. The second-order valence-electron chi connectivity index (χ2n) is 5.99. The number of piperidine rings is 1. The Kier molecular flexibility index (Phi) is 4.13. The van der Waals surface area contributed by atoms with Crippen LogP contribution < -0.4 is 0 Å². The van der Waals surface area contributed by atoms with Crippen LogP contribution >= 0.6 is 11.8 Å². The molecule has 0 aromatic heterocycles. The van der Waals surface area contributed by atoms with Crippen LogP contribution in [0.15, 0.2) is 0 Å². The van der Waals surface area contributed by atoms with Crippen molar-refractivity contribution in [1.82, 2.24) is 4.31 Å². The van der Waals surface area contributed by atoms with Crippen LogP contribution in [-0.2, 0) is 14.8 Å². The van der Waals surface area contributed by atoms with Crippen molar-refractivity contribution in [2.45, 2.75) is 37.0 Å². The third-order valence-electron chi connectivity index (χ3n) is 4.96. The number of ether oxygens (including phenoxy) is 1. The van der Waals surface area contributed by atoms with Crippen molar-refractivity contribution in [3.8, 4) is 0 Å². The molecule has 3 fully saturated rings. The fourth-order valence-corrected chi connectivity index (χ4v) is 7.55. The molecule has 4 nitrogen and oxygen atoms in total. The summed E-state index contributed by atoms with van der Waals surface area (Å²) in [5.41, 5.74) is 0. The third-order valence-corrected chi connectivity index (χ3v) is 8.64. The van der Waals surface area contributed by atoms with Gasteiger partial charge in [0.15, 0.2) is 0 Å². The number of hydrogen-bond acceptors (Lipinski definition) is 4. The number of fused-ring (bicyclic) bond motifs is 1. The molecule has 1 aliphatic carbocycles. The molecule has 1 saturated carbocycles. The lowest BCUT2D eigenvalue weighted by molar-refractivity contribution is 0.108. The molecule has 19 heavy (non-hydrogen) atoms. The van der Waals surface area contributed by atoms with Crippen LogP contribution in [0.1, 0.15) is 25.7 Å². The molecule has 0 radical (unpaired) electrons. The molecule has 110 valence electrons. The average molecular weight is 305 g/mol. The van der Waals surface area contributed by atoms with Crippen molar-refractivity contribution < 1.29 is 13.2 Å². The van der Waals surface area contributed by atoms with E-state index in [1.165, 1.54) is 5.75 Å². The number of sulfonamides is 1. The normalized spacial score (nSPS) is 40.5. The lowest BCUT2D eigenvalue weighted by Gasteiger charge is -2.36. The van der Waals surface area contributed by atoms with E-state index >= 15 is 0 Å². The summed E-state index contributed by atoms with van der Waals surface area (Å²) >= 11 is 1.98. The van der Waals surface area contributed by atoms with Gasteiger partial charge in [-0.15, -0.1) is 0 Å². The maximum absolute atomic E-state index is 12.8. The minimum atomic E-state index is -3.16. The number of rotatable bonds is 3. The van der Waals surface area contributed by atoms with Gasteiger partial charge in [-0.2, -0.15) is 11.8 Å². The van der Waals surface area contributed by atoms with E-state index in [9.17, 15) is 8.42 Å². The van der Waals surface area contributed by atoms with Gasteiger partial charge in [-0.1, -0.05) is 0 Å². The lowest BCUT2D eigenvalue weighted by Crippen LogP contribution is -2.48. The quantitative estimate of drug-likeness (QED) is 0.794. The van der Waals surface area contributed by atoms with E-state index in [0.717, 1.165) is 50.4 Å². The first-order chi connectivity index (χ1) is 9.13. The number of nitrogens with zero attached hydrogens (tertiary/aromatic N) is 1. The monoisotopic (exact) mass is 305 g/mol. The van der Waals surface area contributed by atoms with Crippen LogP contribution in [-0.4, -0.2) is 55.8 Å². The summed E-state index contributed by atoms with van der Waals surface area (Å²) in [7, 11) is -1.53. The fraction of sp³-hybridized carbons (Fsp3) is 1.00. The maximum atomic E-state index is 12.8. The van der Waals surface area contributed by atoms with Gasteiger partial charge >= 0.3 is 0 Å². The fourth-order valence-electron chi connectivity index (χ4n) is 3.75. The predicted octanol–water partition coefficient (Wildman–Crippen LogP) is 1.57. The molecule has 6 heteroatoms. The standard InChI is InChI=1S/C13H23NO3S2/c1-17-12-3-2-4-13(12)19(15,16)14-6-5-10-8-18-9-11(10)7-14/h10-13H,2-9H2,1H3. The van der Waals surface area contributed by atoms with Gasteiger partial charge in [-0.05, 0) is 49.0 Å². The van der Waals surface area contributed by atoms with Gasteiger partial charge in [0.05, 0.1) is 6.10 Å². The second kappa shape index (κ2) is 5.54. The van der Waals surface area contributed by atoms with Crippen molar-refractivity contribution in [1.29, 1.82) is 0 Å². The second-order valence-corrected chi connectivity index (χ2v) is 9.22. The molecule has 4 unspecified atom stereocenters. The number of hydrogen-bond donors (Lipinski definition) is 0. The Morgan fingerprint density at radius 2 is 1.95 bits per heavy atom. The average Bonchev–Trinajstić information content (AvgIpc) is 3.06. The molecule has 2 aliphatic heterocycles. The first-order valence-corrected chi connectivity index (χ1v) is 9.88. The molecule has 0 spiro atoms. The third kappa shape index (κ3) is 2.57.